The van der Waals surface area contributed by atoms with E-state index < -0.39 is 44.7 Å². The molecule has 0 aromatic heterocycles. The minimum Gasteiger partial charge on any atom is -0.462 e. The van der Waals surface area contributed by atoms with Crippen molar-refractivity contribution < 1.29 is 48.2 Å². The zero-order valence-corrected chi connectivity index (χ0v) is 30.7. The Morgan fingerprint density at radius 1 is 0.653 bits per heavy atom. The molecule has 49 heavy (non-hydrogen) atoms. The Kier molecular flexibility index (Phi) is 30.9. The summed E-state index contributed by atoms with van der Waals surface area (Å²) in [5.74, 6) is -1.06. The summed E-state index contributed by atoms with van der Waals surface area (Å²) in [4.78, 5) is 42.5. The second kappa shape index (κ2) is 32.6. The standard InChI is InChI=1S/C38H63O10P/c1-3-5-7-8-9-10-11-12-17-25-31-38(42)48-36(33-47-49(43,44)45)32-46-37(41)30-24-16-14-13-15-21-27-35(40)29-23-19-18-22-28-34(39)26-20-6-4-2/h6,14-16,18-23,28-29,34-36,39-40H,3-5,7-13,17,24-27,30-33H2,1-2H3,(H2,43,44,45)/b16-14-,19-18-,20-6-,21-15-,28-22+,29-23+/t34-,35+,36-/m1/s1. The molecule has 3 atom stereocenters. The van der Waals surface area contributed by atoms with E-state index >= 15 is 0 Å². The lowest BCUT2D eigenvalue weighted by Crippen LogP contribution is -2.29. The normalized spacial score (nSPS) is 14.7. The maximum absolute atomic E-state index is 12.3. The molecule has 4 N–H and O–H groups in total. The fourth-order valence-electron chi connectivity index (χ4n) is 4.45. The van der Waals surface area contributed by atoms with Gasteiger partial charge < -0.3 is 29.5 Å². The van der Waals surface area contributed by atoms with Crippen LogP contribution >= 0.6 is 7.82 Å². The van der Waals surface area contributed by atoms with E-state index in [1.165, 1.54) is 38.5 Å². The van der Waals surface area contributed by atoms with Gasteiger partial charge in [0.05, 0.1) is 18.8 Å². The number of rotatable bonds is 31. The number of phosphoric ester groups is 1. The van der Waals surface area contributed by atoms with Crippen molar-refractivity contribution in [1.82, 2.24) is 0 Å². The second-order valence-corrected chi connectivity index (χ2v) is 13.1. The summed E-state index contributed by atoms with van der Waals surface area (Å²) in [6, 6.07) is 0. The van der Waals surface area contributed by atoms with E-state index in [1.54, 1.807) is 36.5 Å². The van der Waals surface area contributed by atoms with E-state index in [0.717, 1.165) is 25.7 Å². The molecule has 0 radical (unpaired) electrons. The number of hydrogen-bond donors (Lipinski definition) is 4. The van der Waals surface area contributed by atoms with Crippen LogP contribution in [0.15, 0.2) is 72.9 Å². The summed E-state index contributed by atoms with van der Waals surface area (Å²) in [5.41, 5.74) is 0. The molecule has 0 saturated heterocycles. The van der Waals surface area contributed by atoms with Crippen LogP contribution in [-0.4, -0.2) is 63.5 Å². The molecule has 280 valence electrons. The van der Waals surface area contributed by atoms with Crippen LogP contribution in [0.3, 0.4) is 0 Å². The molecule has 0 amide bonds. The van der Waals surface area contributed by atoms with Crippen LogP contribution in [0.4, 0.5) is 0 Å². The van der Waals surface area contributed by atoms with Crippen LogP contribution in [0, 0.1) is 0 Å². The zero-order chi connectivity index (χ0) is 36.4. The third kappa shape index (κ3) is 35.1. The van der Waals surface area contributed by atoms with Gasteiger partial charge >= 0.3 is 19.8 Å². The molecule has 0 aliphatic carbocycles. The van der Waals surface area contributed by atoms with Crippen molar-refractivity contribution in [2.24, 2.45) is 0 Å². The molecule has 0 bridgehead atoms. The molecule has 0 aliphatic heterocycles. The molecule has 0 spiro atoms. The molecule has 0 aromatic carbocycles. The van der Waals surface area contributed by atoms with Gasteiger partial charge in [0.1, 0.15) is 6.61 Å². The third-order valence-electron chi connectivity index (χ3n) is 7.17. The van der Waals surface area contributed by atoms with Gasteiger partial charge in [0, 0.05) is 12.8 Å². The number of aliphatic hydroxyl groups excluding tert-OH is 2. The predicted molar refractivity (Wildman–Crippen MR) is 196 cm³/mol. The first-order valence-electron chi connectivity index (χ1n) is 17.9. The smallest absolute Gasteiger partial charge is 0.462 e. The van der Waals surface area contributed by atoms with Gasteiger partial charge in [0.2, 0.25) is 0 Å². The maximum Gasteiger partial charge on any atom is 0.469 e. The highest BCUT2D eigenvalue weighted by molar-refractivity contribution is 7.46. The average molecular weight is 711 g/mol. The van der Waals surface area contributed by atoms with Crippen molar-refractivity contribution >= 4 is 19.8 Å². The summed E-state index contributed by atoms with van der Waals surface area (Å²) >= 11 is 0. The number of aliphatic hydroxyl groups is 2. The quantitative estimate of drug-likeness (QED) is 0.0181. The molecule has 0 unspecified atom stereocenters. The Morgan fingerprint density at radius 2 is 1.20 bits per heavy atom. The van der Waals surface area contributed by atoms with Crippen molar-refractivity contribution in [3.05, 3.63) is 72.9 Å². The van der Waals surface area contributed by atoms with Crippen molar-refractivity contribution in [2.45, 2.75) is 141 Å². The summed E-state index contributed by atoms with van der Waals surface area (Å²) in [6.07, 6.45) is 34.2. The van der Waals surface area contributed by atoms with E-state index in [4.69, 9.17) is 19.3 Å². The number of hydrogen-bond acceptors (Lipinski definition) is 8. The molecule has 0 rings (SSSR count). The Labute approximate surface area is 294 Å². The molecule has 0 fully saturated rings. The average Bonchev–Trinajstić information content (AvgIpc) is 3.05. The highest BCUT2D eigenvalue weighted by Gasteiger charge is 2.22. The van der Waals surface area contributed by atoms with Crippen LogP contribution in [0.2, 0.25) is 0 Å². The first kappa shape index (κ1) is 46.4. The van der Waals surface area contributed by atoms with E-state index in [-0.39, 0.29) is 19.4 Å². The van der Waals surface area contributed by atoms with E-state index in [9.17, 15) is 24.4 Å². The minimum atomic E-state index is -4.79. The summed E-state index contributed by atoms with van der Waals surface area (Å²) in [7, 11) is -4.79. The third-order valence-corrected chi connectivity index (χ3v) is 7.65. The fourth-order valence-corrected chi connectivity index (χ4v) is 4.81. The number of carbonyl (C=O) groups excluding carboxylic acids is 2. The van der Waals surface area contributed by atoms with E-state index in [0.29, 0.717) is 32.1 Å². The second-order valence-electron chi connectivity index (χ2n) is 11.9. The van der Waals surface area contributed by atoms with Crippen LogP contribution in [0.1, 0.15) is 123 Å². The lowest BCUT2D eigenvalue weighted by Gasteiger charge is -2.18. The number of ether oxygens (including phenoxy) is 2. The van der Waals surface area contributed by atoms with Crippen LogP contribution in [0.25, 0.3) is 0 Å². The lowest BCUT2D eigenvalue weighted by atomic mass is 10.1. The maximum atomic E-state index is 12.3. The highest BCUT2D eigenvalue weighted by atomic mass is 31.2. The molecule has 10 nitrogen and oxygen atoms in total. The molecule has 0 heterocycles. The Balaban J connectivity index is 4.26. The number of phosphoric acid groups is 1. The predicted octanol–water partition coefficient (Wildman–Crippen LogP) is 8.28. The minimum absolute atomic E-state index is 0.0833. The molecular weight excluding hydrogens is 647 g/mol. The van der Waals surface area contributed by atoms with Gasteiger partial charge in [-0.25, -0.2) is 4.57 Å². The van der Waals surface area contributed by atoms with Crippen LogP contribution in [-0.2, 0) is 28.2 Å². The molecule has 0 aromatic rings. The first-order valence-corrected chi connectivity index (χ1v) is 19.5. The Morgan fingerprint density at radius 3 is 1.78 bits per heavy atom. The topological polar surface area (TPSA) is 160 Å². The molecule has 0 aliphatic rings. The van der Waals surface area contributed by atoms with Crippen molar-refractivity contribution in [3.63, 3.8) is 0 Å². The van der Waals surface area contributed by atoms with Gasteiger partial charge in [0.25, 0.3) is 0 Å². The molecule has 11 heteroatoms. The van der Waals surface area contributed by atoms with Gasteiger partial charge in [-0.2, -0.15) is 0 Å². The van der Waals surface area contributed by atoms with Gasteiger partial charge in [-0.1, -0.05) is 145 Å². The van der Waals surface area contributed by atoms with Gasteiger partial charge in [-0.3, -0.25) is 14.1 Å². The van der Waals surface area contributed by atoms with Crippen molar-refractivity contribution in [3.8, 4) is 0 Å². The lowest BCUT2D eigenvalue weighted by molar-refractivity contribution is -0.161. The number of carbonyl (C=O) groups is 2. The highest BCUT2D eigenvalue weighted by Crippen LogP contribution is 2.35. The SMILES string of the molecule is CC/C=C\C[C@@H](O)/C=C/C=C\C=C\[C@@H](O)C/C=C\C/C=C\CCC(=O)OC[C@H](COP(=O)(O)O)OC(=O)CCCCCCCCCCCC. The number of esters is 2. The zero-order valence-electron chi connectivity index (χ0n) is 29.8. The van der Waals surface area contributed by atoms with E-state index in [1.807, 2.05) is 43.4 Å². The van der Waals surface area contributed by atoms with Gasteiger partial charge in [0.15, 0.2) is 6.10 Å². The molecule has 0 saturated carbocycles. The largest absolute Gasteiger partial charge is 0.469 e. The van der Waals surface area contributed by atoms with E-state index in [2.05, 4.69) is 11.4 Å². The summed E-state index contributed by atoms with van der Waals surface area (Å²) in [6.45, 7) is 3.29. The summed E-state index contributed by atoms with van der Waals surface area (Å²) < 4.78 is 26.1. The number of allylic oxidation sites excluding steroid dienone is 8. The van der Waals surface area contributed by atoms with Gasteiger partial charge in [-0.05, 0) is 38.5 Å². The van der Waals surface area contributed by atoms with Crippen molar-refractivity contribution in [2.75, 3.05) is 13.2 Å². The number of unbranched alkanes of at least 4 members (excludes halogenated alkanes) is 9. The summed E-state index contributed by atoms with van der Waals surface area (Å²) in [5, 5.41) is 19.8. The van der Waals surface area contributed by atoms with Gasteiger partial charge in [-0.15, -0.1) is 0 Å². The van der Waals surface area contributed by atoms with Crippen LogP contribution in [0.5, 0.6) is 0 Å². The fraction of sp³-hybridized carbons (Fsp3) is 0.632. The van der Waals surface area contributed by atoms with Crippen molar-refractivity contribution in [1.29, 1.82) is 0 Å². The monoisotopic (exact) mass is 710 g/mol. The Bertz CT molecular complexity index is 1060. The first-order chi connectivity index (χ1) is 23.6. The van der Waals surface area contributed by atoms with Crippen LogP contribution < -0.4 is 0 Å². The molecular formula is C38H63O10P. The Hall–Kier alpha value is -2.59.